The summed E-state index contributed by atoms with van der Waals surface area (Å²) in [6.07, 6.45) is 1.64. The second-order valence-corrected chi connectivity index (χ2v) is 9.08. The van der Waals surface area contributed by atoms with Gasteiger partial charge in [-0.05, 0) is 36.4 Å². The first-order chi connectivity index (χ1) is 16.7. The van der Waals surface area contributed by atoms with Crippen molar-refractivity contribution in [2.75, 3.05) is 30.8 Å². The highest BCUT2D eigenvalue weighted by Crippen LogP contribution is 2.25. The van der Waals surface area contributed by atoms with Crippen LogP contribution in [0.5, 0.6) is 5.75 Å². The molecule has 2 N–H and O–H groups in total. The molecule has 0 amide bonds. The van der Waals surface area contributed by atoms with Crippen LogP contribution in [0.3, 0.4) is 0 Å². The molecule has 0 atom stereocenters. The Balaban J connectivity index is 1.73. The van der Waals surface area contributed by atoms with Crippen molar-refractivity contribution >= 4 is 39.5 Å². The maximum atomic E-state index is 14.2. The van der Waals surface area contributed by atoms with E-state index in [-0.39, 0.29) is 47.7 Å². The zero-order valence-corrected chi connectivity index (χ0v) is 19.2. The summed E-state index contributed by atoms with van der Waals surface area (Å²) in [7, 11) is -2.38. The van der Waals surface area contributed by atoms with E-state index in [1.165, 1.54) is 43.4 Å². The smallest absolute Gasteiger partial charge is 0.242 e. The first-order valence-corrected chi connectivity index (χ1v) is 11.5. The molecule has 0 aliphatic rings. The van der Waals surface area contributed by atoms with Gasteiger partial charge in [0.2, 0.25) is 16.0 Å². The fourth-order valence-corrected chi connectivity index (χ4v) is 4.02. The van der Waals surface area contributed by atoms with E-state index in [4.69, 9.17) is 10.00 Å². The van der Waals surface area contributed by atoms with Gasteiger partial charge >= 0.3 is 0 Å². The molecule has 0 radical (unpaired) electrons. The second kappa shape index (κ2) is 11.3. The average molecular weight is 503 g/mol. The van der Waals surface area contributed by atoms with E-state index in [2.05, 4.69) is 20.6 Å². The molecule has 0 bridgehead atoms. The predicted molar refractivity (Wildman–Crippen MR) is 123 cm³/mol. The zero-order chi connectivity index (χ0) is 25.4. The molecule has 0 saturated heterocycles. The number of rotatable bonds is 11. The van der Waals surface area contributed by atoms with E-state index in [0.29, 0.717) is 12.0 Å². The molecule has 10 nitrogen and oxygen atoms in total. The van der Waals surface area contributed by atoms with Gasteiger partial charge < -0.3 is 20.2 Å². The third-order valence-corrected chi connectivity index (χ3v) is 6.48. The summed E-state index contributed by atoms with van der Waals surface area (Å²) in [6.45, 7) is -0.256. The predicted octanol–water partition coefficient (Wildman–Crippen LogP) is 3.35. The van der Waals surface area contributed by atoms with Crippen molar-refractivity contribution in [3.05, 3.63) is 60.3 Å². The van der Waals surface area contributed by atoms with Crippen molar-refractivity contribution in [1.82, 2.24) is 14.3 Å². The lowest BCUT2D eigenvalue weighted by atomic mass is 10.3. The van der Waals surface area contributed by atoms with Crippen LogP contribution in [0, 0.1) is 23.0 Å². The van der Waals surface area contributed by atoms with E-state index in [9.17, 15) is 22.0 Å². The van der Waals surface area contributed by atoms with Gasteiger partial charge in [0.05, 0.1) is 11.1 Å². The van der Waals surface area contributed by atoms with Crippen molar-refractivity contribution in [3.8, 4) is 11.8 Å². The van der Waals surface area contributed by atoms with Gasteiger partial charge in [-0.1, -0.05) is 0 Å². The van der Waals surface area contributed by atoms with Crippen LogP contribution in [0.2, 0.25) is 0 Å². The fraction of sp³-hybridized carbons (Fsp3) is 0.182. The molecule has 0 aliphatic heterocycles. The molecule has 13 heteroatoms. The highest BCUT2D eigenvalue weighted by molar-refractivity contribution is 7.89. The molecular weight excluding hydrogens is 482 g/mol. The molecule has 3 rings (SSSR count). The van der Waals surface area contributed by atoms with Crippen LogP contribution in [-0.2, 0) is 14.8 Å². The lowest BCUT2D eigenvalue weighted by molar-refractivity contribution is -0.107. The molecule has 0 unspecified atom stereocenters. The Bertz CT molecular complexity index is 1350. The van der Waals surface area contributed by atoms with Gasteiger partial charge in [-0.15, -0.1) is 0 Å². The number of ether oxygens (including phenoxy) is 1. The summed E-state index contributed by atoms with van der Waals surface area (Å²) < 4.78 is 59.4. The summed E-state index contributed by atoms with van der Waals surface area (Å²) in [6, 6.07) is 11.2. The maximum absolute atomic E-state index is 14.2. The van der Waals surface area contributed by atoms with Crippen LogP contribution in [0.15, 0.2) is 53.6 Å². The Morgan fingerprint density at radius 3 is 2.49 bits per heavy atom. The lowest BCUT2D eigenvalue weighted by Crippen LogP contribution is -2.28. The molecule has 2 aromatic carbocycles. The molecule has 0 aliphatic carbocycles. The Morgan fingerprint density at radius 2 is 1.83 bits per heavy atom. The third kappa shape index (κ3) is 6.46. The first kappa shape index (κ1) is 25.5. The quantitative estimate of drug-likeness (QED) is 0.378. The molecule has 35 heavy (non-hydrogen) atoms. The number of anilines is 4. The highest BCUT2D eigenvalue weighted by Gasteiger charge is 2.20. The summed E-state index contributed by atoms with van der Waals surface area (Å²) in [4.78, 5) is 18.4. The number of nitriles is 1. The normalized spacial score (nSPS) is 11.1. The number of nitrogens with one attached hydrogen (secondary N) is 2. The summed E-state index contributed by atoms with van der Waals surface area (Å²) in [5.74, 6) is -1.89. The number of hydrogen-bond acceptors (Lipinski definition) is 9. The number of benzene rings is 2. The molecule has 0 saturated carbocycles. The number of hydrogen-bond donors (Lipinski definition) is 2. The van der Waals surface area contributed by atoms with Crippen molar-refractivity contribution < 1.29 is 26.7 Å². The van der Waals surface area contributed by atoms with Gasteiger partial charge in [-0.3, -0.25) is 0 Å². The largest absolute Gasteiger partial charge is 0.476 e. The minimum atomic E-state index is -3.76. The van der Waals surface area contributed by atoms with Crippen LogP contribution in [0.1, 0.15) is 6.42 Å². The number of carbonyl (C=O) groups excluding carboxylic acids is 1. The van der Waals surface area contributed by atoms with Crippen LogP contribution >= 0.6 is 0 Å². The van der Waals surface area contributed by atoms with Gasteiger partial charge in [-0.2, -0.15) is 10.2 Å². The number of carbonyl (C=O) groups is 1. The number of aldehydes is 1. The number of nitrogens with zero attached hydrogens (tertiary/aromatic N) is 4. The minimum absolute atomic E-state index is 0.00190. The second-order valence-electron chi connectivity index (χ2n) is 7.04. The molecule has 1 heterocycles. The number of aromatic nitrogens is 2. The minimum Gasteiger partial charge on any atom is -0.476 e. The monoisotopic (exact) mass is 502 g/mol. The molecular formula is C22H20F2N6O4S. The van der Waals surface area contributed by atoms with Crippen LogP contribution in [0.4, 0.5) is 31.9 Å². The molecule has 0 spiro atoms. The van der Waals surface area contributed by atoms with Gasteiger partial charge in [0.25, 0.3) is 0 Å². The Morgan fingerprint density at radius 1 is 1.11 bits per heavy atom. The van der Waals surface area contributed by atoms with E-state index in [0.717, 1.165) is 16.6 Å². The van der Waals surface area contributed by atoms with Gasteiger partial charge in [0, 0.05) is 37.5 Å². The number of halogens is 2. The zero-order valence-electron chi connectivity index (χ0n) is 18.4. The average Bonchev–Trinajstić information content (AvgIpc) is 2.84. The van der Waals surface area contributed by atoms with Crippen molar-refractivity contribution in [2.45, 2.75) is 11.3 Å². The SMILES string of the molecule is CN(CCC=O)S(=O)(=O)c1ccc(Nc2ncc(F)c(Nc3ccc(OCC#N)c(F)c3)n2)cc1. The topological polar surface area (TPSA) is 137 Å². The Labute approximate surface area is 200 Å². The Kier molecular flexibility index (Phi) is 8.24. The van der Waals surface area contributed by atoms with E-state index in [1.54, 1.807) is 6.07 Å². The molecule has 0 fully saturated rings. The van der Waals surface area contributed by atoms with Gasteiger partial charge in [0.15, 0.2) is 29.8 Å². The van der Waals surface area contributed by atoms with Gasteiger partial charge in [0.1, 0.15) is 12.4 Å². The van der Waals surface area contributed by atoms with Gasteiger partial charge in [-0.25, -0.2) is 26.5 Å². The summed E-state index contributed by atoms with van der Waals surface area (Å²) >= 11 is 0. The lowest BCUT2D eigenvalue weighted by Gasteiger charge is -2.16. The Hall–Kier alpha value is -4.15. The molecule has 182 valence electrons. The molecule has 1 aromatic heterocycles. The van der Waals surface area contributed by atoms with E-state index >= 15 is 0 Å². The summed E-state index contributed by atoms with van der Waals surface area (Å²) in [5.41, 5.74) is 0.616. The number of sulfonamides is 1. The fourth-order valence-electron chi connectivity index (χ4n) is 2.83. The van der Waals surface area contributed by atoms with Crippen LogP contribution < -0.4 is 15.4 Å². The summed E-state index contributed by atoms with van der Waals surface area (Å²) in [5, 5.41) is 14.0. The van der Waals surface area contributed by atoms with Crippen molar-refractivity contribution in [2.24, 2.45) is 0 Å². The van der Waals surface area contributed by atoms with Crippen LogP contribution in [-0.4, -0.2) is 49.2 Å². The highest BCUT2D eigenvalue weighted by atomic mass is 32.2. The molecule has 3 aromatic rings. The van der Waals surface area contributed by atoms with E-state index < -0.39 is 21.7 Å². The van der Waals surface area contributed by atoms with Crippen molar-refractivity contribution in [1.29, 1.82) is 5.26 Å². The van der Waals surface area contributed by atoms with Crippen LogP contribution in [0.25, 0.3) is 0 Å². The van der Waals surface area contributed by atoms with Crippen molar-refractivity contribution in [3.63, 3.8) is 0 Å². The third-order valence-electron chi connectivity index (χ3n) is 4.61. The maximum Gasteiger partial charge on any atom is 0.242 e. The first-order valence-electron chi connectivity index (χ1n) is 10.1. The standard InChI is InChI=1S/C22H20F2N6O4S/c1-30(10-2-11-31)35(32,33)17-6-3-15(4-7-17)28-22-26-14-19(24)21(29-22)27-16-5-8-20(18(23)13-16)34-12-9-25/h3-8,11,13-14H,2,10,12H2,1H3,(H2,26,27,28,29). The van der Waals surface area contributed by atoms with E-state index in [1.807, 2.05) is 0 Å².